The van der Waals surface area contributed by atoms with Crippen molar-refractivity contribution >= 4 is 44.2 Å². The maximum atomic E-state index is 12.8. The predicted octanol–water partition coefficient (Wildman–Crippen LogP) is 2.75. The number of benzene rings is 1. The third-order valence-corrected chi connectivity index (χ3v) is 4.88. The molecule has 2 aromatic rings. The van der Waals surface area contributed by atoms with E-state index in [1.807, 2.05) is 6.07 Å². The van der Waals surface area contributed by atoms with Crippen molar-refractivity contribution in [2.75, 3.05) is 4.90 Å². The average molecular weight is 358 g/mol. The standard InChI is InChI=1S/C16H12BrN3O2/c1-8-2-5-12(15(21)19-8)20-13-7-18-6-10-11(17)4-3-9(14(10)13)16(20)22/h3-4,6-7,12H,1-2,5H2,(H,19,21). The maximum absolute atomic E-state index is 12.8. The summed E-state index contributed by atoms with van der Waals surface area (Å²) in [5, 5.41) is 4.47. The molecule has 0 saturated carbocycles. The molecule has 0 bridgehead atoms. The molecule has 4 rings (SSSR count). The minimum atomic E-state index is -0.517. The van der Waals surface area contributed by atoms with Crippen LogP contribution in [0.3, 0.4) is 0 Å². The van der Waals surface area contributed by atoms with Crippen LogP contribution in [-0.2, 0) is 4.79 Å². The van der Waals surface area contributed by atoms with Crippen LogP contribution in [0.2, 0.25) is 0 Å². The Balaban J connectivity index is 1.89. The van der Waals surface area contributed by atoms with Gasteiger partial charge in [-0.3, -0.25) is 19.5 Å². The Kier molecular flexibility index (Phi) is 2.84. The molecule has 5 nitrogen and oxygen atoms in total. The zero-order chi connectivity index (χ0) is 15.4. The van der Waals surface area contributed by atoms with E-state index in [-0.39, 0.29) is 11.8 Å². The van der Waals surface area contributed by atoms with Crippen molar-refractivity contribution in [1.82, 2.24) is 10.3 Å². The molecule has 1 N–H and O–H groups in total. The van der Waals surface area contributed by atoms with E-state index in [1.54, 1.807) is 23.4 Å². The second-order valence-corrected chi connectivity index (χ2v) is 6.35. The summed E-state index contributed by atoms with van der Waals surface area (Å²) in [6, 6.07) is 3.11. The highest BCUT2D eigenvalue weighted by atomic mass is 79.9. The van der Waals surface area contributed by atoms with Gasteiger partial charge < -0.3 is 5.32 Å². The third-order valence-electron chi connectivity index (χ3n) is 4.19. The zero-order valence-electron chi connectivity index (χ0n) is 11.6. The van der Waals surface area contributed by atoms with Gasteiger partial charge in [-0.25, -0.2) is 0 Å². The molecule has 2 aliphatic rings. The van der Waals surface area contributed by atoms with E-state index >= 15 is 0 Å². The normalized spacial score (nSPS) is 20.7. The topological polar surface area (TPSA) is 62.3 Å². The molecule has 6 heteroatoms. The van der Waals surface area contributed by atoms with Crippen LogP contribution in [0.25, 0.3) is 10.8 Å². The lowest BCUT2D eigenvalue weighted by Crippen LogP contribution is -2.51. The molecule has 1 unspecified atom stereocenters. The number of carbonyl (C=O) groups excluding carboxylic acids is 2. The quantitative estimate of drug-likeness (QED) is 0.853. The number of hydrogen-bond donors (Lipinski definition) is 1. The molecule has 1 saturated heterocycles. The Morgan fingerprint density at radius 3 is 2.91 bits per heavy atom. The first-order chi connectivity index (χ1) is 10.6. The number of anilines is 1. The summed E-state index contributed by atoms with van der Waals surface area (Å²) >= 11 is 3.49. The van der Waals surface area contributed by atoms with Crippen LogP contribution in [0.4, 0.5) is 5.69 Å². The van der Waals surface area contributed by atoms with Crippen LogP contribution in [0.15, 0.2) is 41.3 Å². The van der Waals surface area contributed by atoms with E-state index < -0.39 is 6.04 Å². The van der Waals surface area contributed by atoms with Gasteiger partial charge in [0.2, 0.25) is 5.91 Å². The van der Waals surface area contributed by atoms with Gasteiger partial charge >= 0.3 is 0 Å². The van der Waals surface area contributed by atoms with Crippen molar-refractivity contribution in [1.29, 1.82) is 0 Å². The molecule has 2 amide bonds. The van der Waals surface area contributed by atoms with E-state index in [1.165, 1.54) is 0 Å². The van der Waals surface area contributed by atoms with Crippen molar-refractivity contribution in [3.63, 3.8) is 0 Å². The van der Waals surface area contributed by atoms with Crippen LogP contribution in [0.5, 0.6) is 0 Å². The number of halogens is 1. The molecule has 2 aliphatic heterocycles. The SMILES string of the molecule is C=C1CCC(N2C(=O)c3ccc(Br)c4cncc2c34)C(=O)N1. The largest absolute Gasteiger partial charge is 0.329 e. The highest BCUT2D eigenvalue weighted by molar-refractivity contribution is 9.10. The minimum absolute atomic E-state index is 0.145. The summed E-state index contributed by atoms with van der Waals surface area (Å²) < 4.78 is 0.886. The molecular formula is C16H12BrN3O2. The first-order valence-electron chi connectivity index (χ1n) is 6.96. The van der Waals surface area contributed by atoms with Gasteiger partial charge in [-0.1, -0.05) is 22.5 Å². The average Bonchev–Trinajstić information content (AvgIpc) is 2.77. The fourth-order valence-electron chi connectivity index (χ4n) is 3.16. The molecular weight excluding hydrogens is 346 g/mol. The molecule has 1 aromatic heterocycles. The number of aromatic nitrogens is 1. The number of carbonyl (C=O) groups is 2. The van der Waals surface area contributed by atoms with Gasteiger partial charge in [-0.2, -0.15) is 0 Å². The molecule has 1 fully saturated rings. The highest BCUT2D eigenvalue weighted by Gasteiger charge is 2.40. The lowest BCUT2D eigenvalue weighted by molar-refractivity contribution is -0.122. The lowest BCUT2D eigenvalue weighted by Gasteiger charge is -2.31. The molecule has 3 heterocycles. The van der Waals surface area contributed by atoms with Gasteiger partial charge in [0.1, 0.15) is 6.04 Å². The zero-order valence-corrected chi connectivity index (χ0v) is 13.2. The Bertz CT molecular complexity index is 862. The highest BCUT2D eigenvalue weighted by Crippen LogP contribution is 2.41. The third kappa shape index (κ3) is 1.73. The summed E-state index contributed by atoms with van der Waals surface area (Å²) in [5.74, 6) is -0.332. The summed E-state index contributed by atoms with van der Waals surface area (Å²) in [6.45, 7) is 3.78. The Morgan fingerprint density at radius 1 is 1.32 bits per heavy atom. The number of nitrogens with one attached hydrogen (secondary N) is 1. The van der Waals surface area contributed by atoms with Crippen molar-refractivity contribution < 1.29 is 9.59 Å². The van der Waals surface area contributed by atoms with E-state index in [9.17, 15) is 9.59 Å². The number of nitrogens with zero attached hydrogens (tertiary/aromatic N) is 2. The first kappa shape index (κ1) is 13.5. The van der Waals surface area contributed by atoms with Crippen molar-refractivity contribution in [2.24, 2.45) is 0 Å². The van der Waals surface area contributed by atoms with Gasteiger partial charge in [-0.15, -0.1) is 0 Å². The predicted molar refractivity (Wildman–Crippen MR) is 86.6 cm³/mol. The van der Waals surface area contributed by atoms with Crippen molar-refractivity contribution in [3.8, 4) is 0 Å². The summed E-state index contributed by atoms with van der Waals surface area (Å²) in [4.78, 5) is 30.9. The van der Waals surface area contributed by atoms with Gasteiger partial charge in [0.15, 0.2) is 0 Å². The second kappa shape index (κ2) is 4.64. The van der Waals surface area contributed by atoms with Crippen LogP contribution >= 0.6 is 15.9 Å². The number of amides is 2. The molecule has 22 heavy (non-hydrogen) atoms. The van der Waals surface area contributed by atoms with Crippen molar-refractivity contribution in [2.45, 2.75) is 18.9 Å². The smallest absolute Gasteiger partial charge is 0.259 e. The Hall–Kier alpha value is -2.21. The number of rotatable bonds is 1. The van der Waals surface area contributed by atoms with E-state index in [0.717, 1.165) is 15.2 Å². The maximum Gasteiger partial charge on any atom is 0.259 e. The monoisotopic (exact) mass is 357 g/mol. The number of pyridine rings is 1. The fraction of sp³-hybridized carbons (Fsp3) is 0.188. The molecule has 0 radical (unpaired) electrons. The molecule has 0 aliphatic carbocycles. The number of allylic oxidation sites excluding steroid dienone is 1. The van der Waals surface area contributed by atoms with Gasteiger partial charge in [0.25, 0.3) is 5.91 Å². The Morgan fingerprint density at radius 2 is 2.14 bits per heavy atom. The number of hydrogen-bond acceptors (Lipinski definition) is 3. The van der Waals surface area contributed by atoms with Crippen LogP contribution in [-0.4, -0.2) is 22.8 Å². The van der Waals surface area contributed by atoms with Crippen molar-refractivity contribution in [3.05, 3.63) is 46.8 Å². The van der Waals surface area contributed by atoms with E-state index in [4.69, 9.17) is 0 Å². The van der Waals surface area contributed by atoms with Crippen LogP contribution in [0.1, 0.15) is 23.2 Å². The molecule has 0 spiro atoms. The number of piperidine rings is 1. The van der Waals surface area contributed by atoms with Gasteiger partial charge in [-0.05, 0) is 25.0 Å². The van der Waals surface area contributed by atoms with E-state index in [2.05, 4.69) is 32.8 Å². The second-order valence-electron chi connectivity index (χ2n) is 5.50. The first-order valence-corrected chi connectivity index (χ1v) is 7.75. The molecule has 110 valence electrons. The summed E-state index contributed by atoms with van der Waals surface area (Å²) in [6.07, 6.45) is 4.62. The van der Waals surface area contributed by atoms with Gasteiger partial charge in [0, 0.05) is 27.1 Å². The van der Waals surface area contributed by atoms with Gasteiger partial charge in [0.05, 0.1) is 17.4 Å². The van der Waals surface area contributed by atoms with E-state index in [0.29, 0.717) is 29.8 Å². The molecule has 1 atom stereocenters. The molecule has 1 aromatic carbocycles. The fourth-order valence-corrected chi connectivity index (χ4v) is 3.59. The summed E-state index contributed by atoms with van der Waals surface area (Å²) in [7, 11) is 0. The minimum Gasteiger partial charge on any atom is -0.329 e. The van der Waals surface area contributed by atoms with Crippen LogP contribution in [0, 0.1) is 0 Å². The Labute approximate surface area is 135 Å². The summed E-state index contributed by atoms with van der Waals surface area (Å²) in [5.41, 5.74) is 2.02. The van der Waals surface area contributed by atoms with Crippen LogP contribution < -0.4 is 10.2 Å². The lowest BCUT2D eigenvalue weighted by atomic mass is 10.0.